The Bertz CT molecular complexity index is 80.4. The van der Waals surface area contributed by atoms with Crippen LogP contribution in [-0.2, 0) is 0 Å². The first-order valence-corrected chi connectivity index (χ1v) is 3.06. The van der Waals surface area contributed by atoms with Crippen molar-refractivity contribution in [1.29, 1.82) is 0 Å². The summed E-state index contributed by atoms with van der Waals surface area (Å²) in [7, 11) is 1.87. The molecule has 0 saturated carbocycles. The quantitative estimate of drug-likeness (QED) is 0.241. The van der Waals surface area contributed by atoms with Crippen LogP contribution in [0.5, 0.6) is 0 Å². The monoisotopic (exact) mass is 129 g/mol. The van der Waals surface area contributed by atoms with Gasteiger partial charge in [0.05, 0.1) is 6.67 Å². The number of hydrogen-bond donors (Lipinski definition) is 2. The Hall–Kier alpha value is -0.380. The molecule has 0 fully saturated rings. The van der Waals surface area contributed by atoms with Crippen LogP contribution in [0.25, 0.3) is 0 Å². The Morgan fingerprint density at radius 2 is 2.33 bits per heavy atom. The van der Waals surface area contributed by atoms with Gasteiger partial charge in [0.1, 0.15) is 0 Å². The summed E-state index contributed by atoms with van der Waals surface area (Å²) in [5, 5.41) is 4.64. The van der Waals surface area contributed by atoms with Crippen LogP contribution in [-0.4, -0.2) is 25.3 Å². The lowest BCUT2D eigenvalue weighted by Crippen LogP contribution is -2.37. The van der Waals surface area contributed by atoms with E-state index in [1.54, 1.807) is 5.01 Å². The van der Waals surface area contributed by atoms with Crippen molar-refractivity contribution >= 4 is 0 Å². The van der Waals surface area contributed by atoms with Crippen LogP contribution in [0, 0.1) is 0 Å². The van der Waals surface area contributed by atoms with E-state index in [4.69, 9.17) is 5.84 Å². The van der Waals surface area contributed by atoms with E-state index in [0.29, 0.717) is 0 Å². The lowest BCUT2D eigenvalue weighted by Gasteiger charge is -2.11. The van der Waals surface area contributed by atoms with Gasteiger partial charge in [-0.3, -0.25) is 5.84 Å². The maximum Gasteiger partial charge on any atom is 0.0619 e. The van der Waals surface area contributed by atoms with E-state index in [1.807, 2.05) is 26.1 Å². The minimum absolute atomic E-state index is 0.727. The first-order chi connectivity index (χ1) is 4.31. The van der Waals surface area contributed by atoms with Gasteiger partial charge in [-0.15, -0.1) is 0 Å². The number of allylic oxidation sites excluding steroid dienone is 1. The molecule has 3 N–H and O–H groups in total. The fourth-order valence-electron chi connectivity index (χ4n) is 0.508. The van der Waals surface area contributed by atoms with Gasteiger partial charge >= 0.3 is 0 Å². The molecule has 0 aliphatic rings. The van der Waals surface area contributed by atoms with E-state index >= 15 is 0 Å². The third-order valence-electron chi connectivity index (χ3n) is 0.937. The van der Waals surface area contributed by atoms with Crippen LogP contribution >= 0.6 is 0 Å². The molecule has 0 rings (SSSR count). The number of nitrogens with zero attached hydrogens (tertiary/aromatic N) is 1. The SMILES string of the molecule is CC=CCN(N)CNC. The highest BCUT2D eigenvalue weighted by Crippen LogP contribution is 1.74. The van der Waals surface area contributed by atoms with Crippen molar-refractivity contribution in [1.82, 2.24) is 10.3 Å². The molecule has 3 nitrogen and oxygen atoms in total. The zero-order valence-corrected chi connectivity index (χ0v) is 6.09. The summed E-state index contributed by atoms with van der Waals surface area (Å²) in [6, 6.07) is 0. The molecule has 0 heterocycles. The molecule has 0 aliphatic carbocycles. The second-order valence-corrected chi connectivity index (χ2v) is 1.85. The molecule has 0 atom stereocenters. The molecular formula is C6H15N3. The van der Waals surface area contributed by atoms with Gasteiger partial charge in [-0.1, -0.05) is 12.2 Å². The molecule has 0 radical (unpaired) electrons. The molecule has 0 spiro atoms. The molecule has 0 aromatic heterocycles. The topological polar surface area (TPSA) is 41.3 Å². The molecule has 0 aliphatic heterocycles. The Balaban J connectivity index is 3.15. The van der Waals surface area contributed by atoms with E-state index in [0.717, 1.165) is 13.2 Å². The zero-order chi connectivity index (χ0) is 7.11. The van der Waals surface area contributed by atoms with Crippen molar-refractivity contribution in [2.45, 2.75) is 6.92 Å². The van der Waals surface area contributed by atoms with Crippen LogP contribution in [0.4, 0.5) is 0 Å². The van der Waals surface area contributed by atoms with Crippen molar-refractivity contribution in [3.8, 4) is 0 Å². The van der Waals surface area contributed by atoms with E-state index in [2.05, 4.69) is 5.32 Å². The van der Waals surface area contributed by atoms with E-state index in [1.165, 1.54) is 0 Å². The third-order valence-corrected chi connectivity index (χ3v) is 0.937. The van der Waals surface area contributed by atoms with Gasteiger partial charge in [-0.2, -0.15) is 0 Å². The van der Waals surface area contributed by atoms with Crippen molar-refractivity contribution < 1.29 is 0 Å². The van der Waals surface area contributed by atoms with Crippen LogP contribution < -0.4 is 11.2 Å². The van der Waals surface area contributed by atoms with Crippen LogP contribution in [0.1, 0.15) is 6.92 Å². The summed E-state index contributed by atoms with van der Waals surface area (Å²) in [6.07, 6.45) is 3.99. The van der Waals surface area contributed by atoms with Gasteiger partial charge in [-0.25, -0.2) is 5.01 Å². The van der Waals surface area contributed by atoms with E-state index in [9.17, 15) is 0 Å². The average molecular weight is 129 g/mol. The van der Waals surface area contributed by atoms with Crippen molar-refractivity contribution in [3.63, 3.8) is 0 Å². The second-order valence-electron chi connectivity index (χ2n) is 1.85. The first kappa shape index (κ1) is 8.62. The van der Waals surface area contributed by atoms with Crippen LogP contribution in [0.3, 0.4) is 0 Å². The number of nitrogens with one attached hydrogen (secondary N) is 1. The minimum atomic E-state index is 0.727. The highest BCUT2D eigenvalue weighted by Gasteiger charge is 1.88. The maximum absolute atomic E-state index is 5.49. The molecule has 0 bridgehead atoms. The summed E-state index contributed by atoms with van der Waals surface area (Å²) < 4.78 is 0. The lowest BCUT2D eigenvalue weighted by atomic mass is 10.5. The minimum Gasteiger partial charge on any atom is -0.306 e. The smallest absolute Gasteiger partial charge is 0.0619 e. The molecule has 0 aromatic rings. The largest absolute Gasteiger partial charge is 0.306 e. The zero-order valence-electron chi connectivity index (χ0n) is 6.09. The third kappa shape index (κ3) is 5.49. The lowest BCUT2D eigenvalue weighted by molar-refractivity contribution is 0.298. The molecule has 9 heavy (non-hydrogen) atoms. The number of hydrazine groups is 1. The standard InChI is InChI=1S/C6H15N3/c1-3-4-5-9(7)6-8-2/h3-4,8H,5-7H2,1-2H3. The van der Waals surface area contributed by atoms with E-state index in [-0.39, 0.29) is 0 Å². The van der Waals surface area contributed by atoms with Crippen molar-refractivity contribution in [2.75, 3.05) is 20.3 Å². The first-order valence-electron chi connectivity index (χ1n) is 3.06. The number of hydrogen-bond acceptors (Lipinski definition) is 3. The van der Waals surface area contributed by atoms with Gasteiger partial charge in [0.2, 0.25) is 0 Å². The molecule has 3 heteroatoms. The molecule has 0 saturated heterocycles. The molecule has 0 amide bonds. The Morgan fingerprint density at radius 3 is 2.78 bits per heavy atom. The van der Waals surface area contributed by atoms with E-state index < -0.39 is 0 Å². The summed E-state index contributed by atoms with van der Waals surface area (Å²) in [4.78, 5) is 0. The maximum atomic E-state index is 5.49. The Kier molecular flexibility index (Phi) is 5.51. The second kappa shape index (κ2) is 5.75. The highest BCUT2D eigenvalue weighted by atomic mass is 15.4. The predicted molar refractivity (Wildman–Crippen MR) is 39.6 cm³/mol. The van der Waals surface area contributed by atoms with Gasteiger partial charge < -0.3 is 5.32 Å². The summed E-state index contributed by atoms with van der Waals surface area (Å²) >= 11 is 0. The fraction of sp³-hybridized carbons (Fsp3) is 0.667. The normalized spacial score (nSPS) is 11.6. The number of rotatable bonds is 4. The Labute approximate surface area is 56.5 Å². The molecular weight excluding hydrogens is 114 g/mol. The van der Waals surface area contributed by atoms with Gasteiger partial charge in [0, 0.05) is 6.54 Å². The summed E-state index contributed by atoms with van der Waals surface area (Å²) in [6.45, 7) is 3.51. The van der Waals surface area contributed by atoms with Gasteiger partial charge in [0.25, 0.3) is 0 Å². The fourth-order valence-corrected chi connectivity index (χ4v) is 0.508. The van der Waals surface area contributed by atoms with Crippen LogP contribution in [0.15, 0.2) is 12.2 Å². The molecule has 0 aromatic carbocycles. The molecule has 0 unspecified atom stereocenters. The summed E-state index contributed by atoms with van der Waals surface area (Å²) in [5.41, 5.74) is 0. The Morgan fingerprint density at radius 1 is 1.67 bits per heavy atom. The van der Waals surface area contributed by atoms with Gasteiger partial charge in [-0.05, 0) is 14.0 Å². The van der Waals surface area contributed by atoms with Crippen molar-refractivity contribution in [2.24, 2.45) is 5.84 Å². The number of nitrogens with two attached hydrogens (primary N) is 1. The molecule has 54 valence electrons. The summed E-state index contributed by atoms with van der Waals surface area (Å²) in [5.74, 6) is 5.49. The van der Waals surface area contributed by atoms with Crippen LogP contribution in [0.2, 0.25) is 0 Å². The predicted octanol–water partition coefficient (Wildman–Crippen LogP) is -0.0849. The van der Waals surface area contributed by atoms with Crippen molar-refractivity contribution in [3.05, 3.63) is 12.2 Å². The highest BCUT2D eigenvalue weighted by molar-refractivity contribution is 4.78. The van der Waals surface area contributed by atoms with Gasteiger partial charge in [0.15, 0.2) is 0 Å². The average Bonchev–Trinajstić information content (AvgIpc) is 1.85.